The van der Waals surface area contributed by atoms with Gasteiger partial charge in [0, 0.05) is 19.6 Å². The fraction of sp³-hybridized carbons (Fsp3) is 0.478. The molecule has 5 nitrogen and oxygen atoms in total. The van der Waals surface area contributed by atoms with Crippen molar-refractivity contribution in [3.05, 3.63) is 65.2 Å². The molecule has 0 atom stereocenters. The van der Waals surface area contributed by atoms with E-state index in [4.69, 9.17) is 9.79 Å². The number of anilines is 1. The van der Waals surface area contributed by atoms with Gasteiger partial charge in [0.1, 0.15) is 11.6 Å². The molecule has 0 bridgehead atoms. The zero-order valence-electron chi connectivity index (χ0n) is 18.1. The number of benzene rings is 2. The monoisotopic (exact) mass is 454 g/mol. The highest BCUT2D eigenvalue weighted by Gasteiger charge is 2.12. The van der Waals surface area contributed by atoms with E-state index in [-0.39, 0.29) is 17.8 Å². The molecule has 172 valence electrons. The van der Waals surface area contributed by atoms with Gasteiger partial charge >= 0.3 is 7.60 Å². The molecule has 2 aromatic carbocycles. The number of aryl methyl sites for hydroxylation is 1. The highest BCUT2D eigenvalue weighted by atomic mass is 31.2. The molecule has 2 aromatic rings. The average Bonchev–Trinajstić information content (AvgIpc) is 2.72. The first kappa shape index (κ1) is 25.5. The van der Waals surface area contributed by atoms with Gasteiger partial charge in [-0.2, -0.15) is 0 Å². The summed E-state index contributed by atoms with van der Waals surface area (Å²) in [5.41, 5.74) is 2.52. The molecule has 0 amide bonds. The maximum absolute atomic E-state index is 14.6. The lowest BCUT2D eigenvalue weighted by Gasteiger charge is -2.24. The van der Waals surface area contributed by atoms with Crippen LogP contribution in [0.4, 0.5) is 14.5 Å². The van der Waals surface area contributed by atoms with Crippen molar-refractivity contribution in [2.75, 3.05) is 30.7 Å². The number of hydrogen-bond donors (Lipinski definition) is 3. The number of rotatable bonds is 14. The Labute approximate surface area is 183 Å². The highest BCUT2D eigenvalue weighted by Crippen LogP contribution is 2.34. The van der Waals surface area contributed by atoms with Gasteiger partial charge in [-0.05, 0) is 74.5 Å². The summed E-state index contributed by atoms with van der Waals surface area (Å²) in [6.45, 7) is 4.42. The second-order valence-electron chi connectivity index (χ2n) is 7.72. The molecule has 0 saturated carbocycles. The molecular weight excluding hydrogens is 421 g/mol. The van der Waals surface area contributed by atoms with Crippen molar-refractivity contribution >= 4 is 13.3 Å². The minimum absolute atomic E-state index is 0.150. The summed E-state index contributed by atoms with van der Waals surface area (Å²) in [5.74, 6) is -0.478. The van der Waals surface area contributed by atoms with Crippen LogP contribution < -0.4 is 10.2 Å². The van der Waals surface area contributed by atoms with Gasteiger partial charge in [-0.3, -0.25) is 4.57 Å². The van der Waals surface area contributed by atoms with Crippen LogP contribution in [-0.2, 0) is 17.5 Å². The first-order valence-corrected chi connectivity index (χ1v) is 12.6. The lowest BCUT2D eigenvalue weighted by molar-refractivity contribution is 0.371. The van der Waals surface area contributed by atoms with Crippen molar-refractivity contribution in [3.63, 3.8) is 0 Å². The smallest absolute Gasteiger partial charge is 0.325 e. The standard InChI is InChI=1S/C23H33F2N2O3P/c1-2-27(15-5-3-4-7-19-8-11-21(24)12-9-19)23-13-10-20(17-22(23)25)18-26-14-6-16-31(28,29)30/h8-13,17,26H,2-7,14-16,18H2,1H3,(H2,28,29,30). The van der Waals surface area contributed by atoms with E-state index in [1.807, 2.05) is 30.0 Å². The zero-order chi connectivity index (χ0) is 22.7. The molecular formula is C23H33F2N2O3P. The Bertz CT molecular complexity index is 843. The average molecular weight is 454 g/mol. The van der Waals surface area contributed by atoms with Crippen LogP contribution in [0.2, 0.25) is 0 Å². The lowest BCUT2D eigenvalue weighted by atomic mass is 10.1. The molecule has 0 heterocycles. The fourth-order valence-electron chi connectivity index (χ4n) is 3.47. The van der Waals surface area contributed by atoms with Crippen LogP contribution >= 0.6 is 7.60 Å². The normalized spacial score (nSPS) is 11.6. The molecule has 0 spiro atoms. The van der Waals surface area contributed by atoms with Gasteiger partial charge < -0.3 is 20.0 Å². The molecule has 0 aromatic heterocycles. The van der Waals surface area contributed by atoms with Crippen LogP contribution in [0.5, 0.6) is 0 Å². The van der Waals surface area contributed by atoms with E-state index in [0.29, 0.717) is 25.2 Å². The minimum atomic E-state index is -3.96. The Morgan fingerprint density at radius 3 is 2.32 bits per heavy atom. The lowest BCUT2D eigenvalue weighted by Crippen LogP contribution is -2.25. The molecule has 0 aliphatic carbocycles. The molecule has 31 heavy (non-hydrogen) atoms. The number of unbranched alkanes of at least 4 members (excludes halogenated alkanes) is 2. The Morgan fingerprint density at radius 1 is 0.968 bits per heavy atom. The molecule has 0 unspecified atom stereocenters. The van der Waals surface area contributed by atoms with Crippen molar-refractivity contribution in [2.45, 2.75) is 45.6 Å². The van der Waals surface area contributed by atoms with Crippen molar-refractivity contribution < 1.29 is 23.1 Å². The van der Waals surface area contributed by atoms with Gasteiger partial charge in [-0.25, -0.2) is 8.78 Å². The third kappa shape index (κ3) is 9.92. The van der Waals surface area contributed by atoms with Crippen molar-refractivity contribution in [3.8, 4) is 0 Å². The van der Waals surface area contributed by atoms with E-state index in [1.165, 1.54) is 18.2 Å². The van der Waals surface area contributed by atoms with E-state index in [0.717, 1.165) is 49.9 Å². The number of halogens is 2. The van der Waals surface area contributed by atoms with Crippen LogP contribution in [0.25, 0.3) is 0 Å². The maximum Gasteiger partial charge on any atom is 0.325 e. The predicted octanol–water partition coefficient (Wildman–Crippen LogP) is 4.86. The Morgan fingerprint density at radius 2 is 1.68 bits per heavy atom. The Kier molecular flexibility index (Phi) is 10.6. The summed E-state index contributed by atoms with van der Waals surface area (Å²) < 4.78 is 38.4. The number of nitrogens with one attached hydrogen (secondary N) is 1. The van der Waals surface area contributed by atoms with Gasteiger partial charge in [-0.1, -0.05) is 24.6 Å². The highest BCUT2D eigenvalue weighted by molar-refractivity contribution is 7.51. The predicted molar refractivity (Wildman–Crippen MR) is 121 cm³/mol. The molecule has 0 fully saturated rings. The van der Waals surface area contributed by atoms with E-state index in [2.05, 4.69) is 5.32 Å². The third-order valence-electron chi connectivity index (χ3n) is 5.17. The molecule has 0 saturated heterocycles. The first-order chi connectivity index (χ1) is 14.8. The summed E-state index contributed by atoms with van der Waals surface area (Å²) in [4.78, 5) is 19.7. The summed E-state index contributed by atoms with van der Waals surface area (Å²) in [7, 11) is -3.96. The van der Waals surface area contributed by atoms with Crippen molar-refractivity contribution in [1.29, 1.82) is 0 Å². The third-order valence-corrected chi connectivity index (χ3v) is 6.07. The summed E-state index contributed by atoms with van der Waals surface area (Å²) in [6, 6.07) is 11.8. The topological polar surface area (TPSA) is 72.8 Å². The van der Waals surface area contributed by atoms with Crippen molar-refractivity contribution in [1.82, 2.24) is 5.32 Å². The van der Waals surface area contributed by atoms with Crippen molar-refractivity contribution in [2.24, 2.45) is 0 Å². The first-order valence-electron chi connectivity index (χ1n) is 10.8. The minimum Gasteiger partial charge on any atom is -0.369 e. The summed E-state index contributed by atoms with van der Waals surface area (Å²) in [5, 5.41) is 3.08. The fourth-order valence-corrected chi connectivity index (χ4v) is 4.04. The quantitative estimate of drug-likeness (QED) is 0.281. The van der Waals surface area contributed by atoms with Crippen LogP contribution in [0.3, 0.4) is 0 Å². The Hall–Kier alpha value is -1.79. The SMILES string of the molecule is CCN(CCCCCc1ccc(F)cc1)c1ccc(CNCCCP(=O)(O)O)cc1F. The second kappa shape index (κ2) is 12.9. The van der Waals surface area contributed by atoms with Crippen LogP contribution in [0.1, 0.15) is 43.7 Å². The van der Waals surface area contributed by atoms with Gasteiger partial charge in [0.2, 0.25) is 0 Å². The van der Waals surface area contributed by atoms with Gasteiger partial charge in [-0.15, -0.1) is 0 Å². The molecule has 3 N–H and O–H groups in total. The number of hydrogen-bond acceptors (Lipinski definition) is 3. The molecule has 0 aliphatic rings. The summed E-state index contributed by atoms with van der Waals surface area (Å²) >= 11 is 0. The maximum atomic E-state index is 14.6. The van der Waals surface area contributed by atoms with Crippen LogP contribution in [0.15, 0.2) is 42.5 Å². The molecule has 0 radical (unpaired) electrons. The van der Waals surface area contributed by atoms with E-state index >= 15 is 0 Å². The van der Waals surface area contributed by atoms with Gasteiger partial charge in [0.15, 0.2) is 0 Å². The van der Waals surface area contributed by atoms with E-state index in [1.54, 1.807) is 6.07 Å². The molecule has 0 aliphatic heterocycles. The number of nitrogens with zero attached hydrogens (tertiary/aromatic N) is 1. The van der Waals surface area contributed by atoms with Gasteiger partial charge in [0.25, 0.3) is 0 Å². The molecule has 2 rings (SSSR count). The summed E-state index contributed by atoms with van der Waals surface area (Å²) in [6.07, 6.45) is 4.12. The van der Waals surface area contributed by atoms with Crippen LogP contribution in [-0.4, -0.2) is 35.6 Å². The van der Waals surface area contributed by atoms with E-state index in [9.17, 15) is 13.3 Å². The van der Waals surface area contributed by atoms with E-state index < -0.39 is 7.60 Å². The largest absolute Gasteiger partial charge is 0.369 e. The zero-order valence-corrected chi connectivity index (χ0v) is 19.0. The molecule has 8 heteroatoms. The van der Waals surface area contributed by atoms with Gasteiger partial charge in [0.05, 0.1) is 11.8 Å². The van der Waals surface area contributed by atoms with Crippen LogP contribution in [0, 0.1) is 11.6 Å². The Balaban J connectivity index is 1.73. The second-order valence-corrected chi connectivity index (χ2v) is 9.50.